The van der Waals surface area contributed by atoms with Gasteiger partial charge < -0.3 is 14.6 Å². The Morgan fingerprint density at radius 2 is 1.81 bits per heavy atom. The van der Waals surface area contributed by atoms with Crippen LogP contribution in [0.15, 0.2) is 18.2 Å². The molecule has 0 spiro atoms. The predicted octanol–water partition coefficient (Wildman–Crippen LogP) is 4.93. The summed E-state index contributed by atoms with van der Waals surface area (Å²) >= 11 is 11.8. The van der Waals surface area contributed by atoms with Crippen LogP contribution in [0, 0.1) is 0 Å². The number of hydrogen-bond acceptors (Lipinski definition) is 3. The highest BCUT2D eigenvalue weighted by molar-refractivity contribution is 6.18. The van der Waals surface area contributed by atoms with E-state index in [1.807, 2.05) is 13.8 Å². The number of benzene rings is 1. The second kappa shape index (κ2) is 14.7. The van der Waals surface area contributed by atoms with Crippen molar-refractivity contribution in [2.24, 2.45) is 7.05 Å². The van der Waals surface area contributed by atoms with Crippen LogP contribution in [-0.4, -0.2) is 46.0 Å². The van der Waals surface area contributed by atoms with Crippen LogP contribution >= 0.6 is 23.2 Å². The van der Waals surface area contributed by atoms with Crippen LogP contribution in [-0.2, 0) is 18.3 Å². The van der Waals surface area contributed by atoms with Crippen molar-refractivity contribution in [1.29, 1.82) is 0 Å². The van der Waals surface area contributed by atoms with E-state index in [0.717, 1.165) is 36.5 Å². The SMILES string of the molecule is CC.CCCCc1nc2cc(N(CCCl)CCCl)ccc2n1C.O=CO. The number of nitrogens with zero attached hydrogens (tertiary/aromatic N) is 3. The first-order valence-electron chi connectivity index (χ1n) is 9.02. The molecule has 2 aromatic rings. The molecule has 148 valence electrons. The molecule has 0 aliphatic carbocycles. The Balaban J connectivity index is 0.00000113. The maximum atomic E-state index is 8.36. The fourth-order valence-electron chi connectivity index (χ4n) is 2.57. The molecule has 2 rings (SSSR count). The van der Waals surface area contributed by atoms with Gasteiger partial charge in [-0.2, -0.15) is 0 Å². The van der Waals surface area contributed by atoms with E-state index in [1.54, 1.807) is 0 Å². The zero-order chi connectivity index (χ0) is 19.9. The van der Waals surface area contributed by atoms with E-state index >= 15 is 0 Å². The van der Waals surface area contributed by atoms with Crippen molar-refractivity contribution in [2.75, 3.05) is 29.7 Å². The quantitative estimate of drug-likeness (QED) is 0.501. The van der Waals surface area contributed by atoms with E-state index in [1.165, 1.54) is 18.4 Å². The third-order valence-electron chi connectivity index (χ3n) is 3.78. The molecule has 0 radical (unpaired) electrons. The van der Waals surface area contributed by atoms with Crippen LogP contribution < -0.4 is 4.90 Å². The standard InChI is InChI=1S/C16H23Cl2N3.C2H6.CH2O2/c1-3-4-5-16-19-14-12-13(6-7-15(14)20(16)2)21(10-8-17)11-9-18;1-2;2-1-3/h6-7,12H,3-5,8-11H2,1-2H3;1-2H3;1H,(H,2,3). The van der Waals surface area contributed by atoms with Gasteiger partial charge in [0.1, 0.15) is 5.82 Å². The number of imidazole rings is 1. The van der Waals surface area contributed by atoms with E-state index in [2.05, 4.69) is 41.6 Å². The van der Waals surface area contributed by atoms with Crippen LogP contribution in [0.2, 0.25) is 0 Å². The minimum atomic E-state index is -0.250. The molecule has 0 fully saturated rings. The summed E-state index contributed by atoms with van der Waals surface area (Å²) in [4.78, 5) is 15.4. The number of carboxylic acid groups (broad SMARTS) is 1. The highest BCUT2D eigenvalue weighted by Crippen LogP contribution is 2.23. The van der Waals surface area contributed by atoms with Crippen molar-refractivity contribution in [3.63, 3.8) is 0 Å². The number of anilines is 1. The Morgan fingerprint density at radius 3 is 2.31 bits per heavy atom. The van der Waals surface area contributed by atoms with E-state index in [0.29, 0.717) is 11.8 Å². The van der Waals surface area contributed by atoms with Crippen molar-refractivity contribution >= 4 is 46.4 Å². The Hall–Kier alpha value is -1.46. The summed E-state index contributed by atoms with van der Waals surface area (Å²) in [6.45, 7) is 7.56. The zero-order valence-electron chi connectivity index (χ0n) is 16.2. The first-order chi connectivity index (χ1) is 12.6. The van der Waals surface area contributed by atoms with Crippen LogP contribution in [0.25, 0.3) is 11.0 Å². The summed E-state index contributed by atoms with van der Waals surface area (Å²) in [5.74, 6) is 2.35. The number of halogens is 2. The molecule has 0 amide bonds. The van der Waals surface area contributed by atoms with Crippen LogP contribution in [0.4, 0.5) is 5.69 Å². The Bertz CT molecular complexity index is 627. The molecule has 5 nitrogen and oxygen atoms in total. The first-order valence-corrected chi connectivity index (χ1v) is 10.1. The number of hydrogen-bond donors (Lipinski definition) is 1. The number of aryl methyl sites for hydroxylation is 2. The summed E-state index contributed by atoms with van der Waals surface area (Å²) in [6, 6.07) is 6.42. The second-order valence-corrected chi connectivity index (χ2v) is 6.09. The van der Waals surface area contributed by atoms with Crippen molar-refractivity contribution in [2.45, 2.75) is 40.0 Å². The molecule has 1 aromatic heterocycles. The maximum absolute atomic E-state index is 8.36. The molecular weight excluding hydrogens is 373 g/mol. The third kappa shape index (κ3) is 7.42. The van der Waals surface area contributed by atoms with Gasteiger partial charge in [0.25, 0.3) is 6.47 Å². The highest BCUT2D eigenvalue weighted by atomic mass is 35.5. The topological polar surface area (TPSA) is 58.4 Å². The molecule has 1 N–H and O–H groups in total. The highest BCUT2D eigenvalue weighted by Gasteiger charge is 2.11. The fraction of sp³-hybridized carbons (Fsp3) is 0.579. The summed E-state index contributed by atoms with van der Waals surface area (Å²) in [5, 5.41) is 6.89. The third-order valence-corrected chi connectivity index (χ3v) is 4.12. The average molecular weight is 404 g/mol. The Kier molecular flexibility index (Phi) is 13.9. The van der Waals surface area contributed by atoms with E-state index in [4.69, 9.17) is 38.1 Å². The number of carbonyl (C=O) groups is 1. The summed E-state index contributed by atoms with van der Waals surface area (Å²) in [5.41, 5.74) is 3.38. The minimum absolute atomic E-state index is 0.250. The molecule has 0 aliphatic rings. The number of aromatic nitrogens is 2. The van der Waals surface area contributed by atoms with Gasteiger partial charge in [-0.3, -0.25) is 4.79 Å². The Labute approximate surface area is 166 Å². The lowest BCUT2D eigenvalue weighted by Crippen LogP contribution is -2.27. The van der Waals surface area contributed by atoms with Crippen LogP contribution in [0.3, 0.4) is 0 Å². The number of rotatable bonds is 8. The molecule has 0 saturated heterocycles. The number of unbranched alkanes of at least 4 members (excludes halogenated alkanes) is 1. The van der Waals surface area contributed by atoms with E-state index < -0.39 is 0 Å². The molecule has 0 bridgehead atoms. The molecule has 0 saturated carbocycles. The van der Waals surface area contributed by atoms with Gasteiger partial charge in [0.15, 0.2) is 0 Å². The van der Waals surface area contributed by atoms with E-state index in [9.17, 15) is 0 Å². The predicted molar refractivity (Wildman–Crippen MR) is 113 cm³/mol. The average Bonchev–Trinajstić information content (AvgIpc) is 2.97. The van der Waals surface area contributed by atoms with Gasteiger partial charge in [0, 0.05) is 44.0 Å². The lowest BCUT2D eigenvalue weighted by molar-refractivity contribution is -0.122. The molecule has 1 aromatic carbocycles. The monoisotopic (exact) mass is 403 g/mol. The molecule has 26 heavy (non-hydrogen) atoms. The number of alkyl halides is 2. The van der Waals surface area contributed by atoms with Crippen molar-refractivity contribution in [3.8, 4) is 0 Å². The summed E-state index contributed by atoms with van der Waals surface area (Å²) in [6.07, 6.45) is 3.40. The maximum Gasteiger partial charge on any atom is 0.290 e. The minimum Gasteiger partial charge on any atom is -0.483 e. The molecule has 0 atom stereocenters. The summed E-state index contributed by atoms with van der Waals surface area (Å²) in [7, 11) is 2.09. The smallest absolute Gasteiger partial charge is 0.290 e. The normalized spacial score (nSPS) is 9.77. The molecule has 1 heterocycles. The molecular formula is C19H31Cl2N3O2. The van der Waals surface area contributed by atoms with Crippen molar-refractivity contribution < 1.29 is 9.90 Å². The van der Waals surface area contributed by atoms with Crippen molar-refractivity contribution in [3.05, 3.63) is 24.0 Å². The molecule has 7 heteroatoms. The van der Waals surface area contributed by atoms with Gasteiger partial charge in [0.2, 0.25) is 0 Å². The first kappa shape index (κ1) is 24.5. The van der Waals surface area contributed by atoms with Gasteiger partial charge >= 0.3 is 0 Å². The fourth-order valence-corrected chi connectivity index (χ4v) is 2.98. The lowest BCUT2D eigenvalue weighted by Gasteiger charge is -2.22. The van der Waals surface area contributed by atoms with Crippen LogP contribution in [0.5, 0.6) is 0 Å². The van der Waals surface area contributed by atoms with Gasteiger partial charge in [-0.1, -0.05) is 27.2 Å². The zero-order valence-corrected chi connectivity index (χ0v) is 17.7. The largest absolute Gasteiger partial charge is 0.483 e. The van der Waals surface area contributed by atoms with E-state index in [-0.39, 0.29) is 6.47 Å². The van der Waals surface area contributed by atoms with Crippen LogP contribution in [0.1, 0.15) is 39.4 Å². The van der Waals surface area contributed by atoms with Gasteiger partial charge in [-0.05, 0) is 24.6 Å². The second-order valence-electron chi connectivity index (χ2n) is 5.33. The lowest BCUT2D eigenvalue weighted by atomic mass is 10.2. The molecule has 0 unspecified atom stereocenters. The van der Waals surface area contributed by atoms with Gasteiger partial charge in [-0.25, -0.2) is 4.98 Å². The van der Waals surface area contributed by atoms with Crippen molar-refractivity contribution in [1.82, 2.24) is 9.55 Å². The number of fused-ring (bicyclic) bond motifs is 1. The Morgan fingerprint density at radius 1 is 1.23 bits per heavy atom. The molecule has 0 aliphatic heterocycles. The summed E-state index contributed by atoms with van der Waals surface area (Å²) < 4.78 is 2.20. The van der Waals surface area contributed by atoms with Gasteiger partial charge in [0.05, 0.1) is 11.0 Å². The van der Waals surface area contributed by atoms with Gasteiger partial charge in [-0.15, -0.1) is 23.2 Å².